The van der Waals surface area contributed by atoms with Crippen LogP contribution in [-0.2, 0) is 47.3 Å². The zero-order chi connectivity index (χ0) is 47.9. The lowest BCUT2D eigenvalue weighted by atomic mass is 9.79. The number of rotatable bonds is 6. The summed E-state index contributed by atoms with van der Waals surface area (Å²) in [6.45, 7) is 26.5. The normalized spacial score (nSPS) is 13.2. The van der Waals surface area contributed by atoms with Gasteiger partial charge in [-0.25, -0.2) is 9.59 Å². The Morgan fingerprint density at radius 1 is 0.409 bits per heavy atom. The lowest BCUT2D eigenvalue weighted by Gasteiger charge is -2.28. The van der Waals surface area contributed by atoms with E-state index in [-0.39, 0.29) is 21.7 Å². The fraction of sp³-hybridized carbons (Fsp3) is 0.379. The predicted octanol–water partition coefficient (Wildman–Crippen LogP) is 12.8. The van der Waals surface area contributed by atoms with Crippen LogP contribution in [0.1, 0.15) is 171 Å². The zero-order valence-electron chi connectivity index (χ0n) is 41.4. The highest BCUT2D eigenvalue weighted by molar-refractivity contribution is 5.92. The van der Waals surface area contributed by atoms with E-state index in [9.17, 15) is 9.59 Å². The molecule has 0 amide bonds. The third kappa shape index (κ3) is 10.4. The van der Waals surface area contributed by atoms with Gasteiger partial charge in [0.2, 0.25) is 0 Å². The van der Waals surface area contributed by atoms with Gasteiger partial charge in [-0.1, -0.05) is 132 Å². The van der Waals surface area contributed by atoms with Crippen molar-refractivity contribution in [3.63, 3.8) is 0 Å². The molecule has 66 heavy (non-hydrogen) atoms. The van der Waals surface area contributed by atoms with Crippen LogP contribution in [0.3, 0.4) is 0 Å². The van der Waals surface area contributed by atoms with Crippen LogP contribution in [0.2, 0.25) is 0 Å². The fourth-order valence-electron chi connectivity index (χ4n) is 8.68. The van der Waals surface area contributed by atoms with Gasteiger partial charge in [-0.3, -0.25) is 9.97 Å². The number of methoxy groups -OCH3 is 2. The number of benzene rings is 4. The van der Waals surface area contributed by atoms with E-state index >= 15 is 0 Å². The van der Waals surface area contributed by atoms with Gasteiger partial charge in [0.1, 0.15) is 23.0 Å². The van der Waals surface area contributed by atoms with Gasteiger partial charge in [0.25, 0.3) is 0 Å². The highest BCUT2D eigenvalue weighted by Crippen LogP contribution is 2.44. The molecule has 0 fully saturated rings. The molecule has 1 aliphatic rings. The van der Waals surface area contributed by atoms with Crippen molar-refractivity contribution in [1.29, 1.82) is 0 Å². The molecule has 8 nitrogen and oxygen atoms in total. The van der Waals surface area contributed by atoms with Crippen molar-refractivity contribution in [1.82, 2.24) is 9.97 Å². The number of hydrogen-bond acceptors (Lipinski definition) is 8. The van der Waals surface area contributed by atoms with Crippen molar-refractivity contribution in [2.45, 2.75) is 130 Å². The summed E-state index contributed by atoms with van der Waals surface area (Å²) in [4.78, 5) is 36.9. The highest BCUT2D eigenvalue weighted by atomic mass is 16.5. The Kier molecular flexibility index (Phi) is 13.1. The number of aromatic nitrogens is 2. The number of nitrogens with zero attached hydrogens (tertiary/aromatic N) is 2. The summed E-state index contributed by atoms with van der Waals surface area (Å²) in [6.07, 6.45) is 7.95. The monoisotopic (exact) mass is 886 g/mol. The molecule has 2 aromatic heterocycles. The minimum Gasteiger partial charge on any atom is -0.496 e. The van der Waals surface area contributed by atoms with Crippen molar-refractivity contribution >= 4 is 11.9 Å². The Hall–Kier alpha value is -6.28. The second-order valence-corrected chi connectivity index (χ2v) is 21.9. The molecule has 8 bridgehead atoms. The van der Waals surface area contributed by atoms with Crippen molar-refractivity contribution in [3.05, 3.63) is 175 Å². The first kappa shape index (κ1) is 47.7. The number of fused-ring (bicyclic) bond motifs is 8. The molecule has 0 radical (unpaired) electrons. The molecule has 0 N–H and O–H groups in total. The van der Waals surface area contributed by atoms with Crippen molar-refractivity contribution in [2.75, 3.05) is 14.2 Å². The molecule has 2 heterocycles. The fourth-order valence-corrected chi connectivity index (χ4v) is 8.68. The molecule has 0 saturated carbocycles. The number of esters is 2. The predicted molar refractivity (Wildman–Crippen MR) is 263 cm³/mol. The third-order valence-electron chi connectivity index (χ3n) is 12.6. The number of pyridine rings is 2. The van der Waals surface area contributed by atoms with E-state index in [1.807, 2.05) is 0 Å². The molecule has 7 rings (SSSR count). The number of ether oxygens (including phenoxy) is 4. The maximum atomic E-state index is 14.2. The van der Waals surface area contributed by atoms with Gasteiger partial charge in [0.15, 0.2) is 0 Å². The van der Waals surface area contributed by atoms with Crippen LogP contribution >= 0.6 is 0 Å². The molecular weight excluding hydrogens is 821 g/mol. The smallest absolute Gasteiger partial charge is 0.345 e. The Bertz CT molecular complexity index is 2490. The molecule has 0 unspecified atom stereocenters. The van der Waals surface area contributed by atoms with Gasteiger partial charge < -0.3 is 18.9 Å². The zero-order valence-corrected chi connectivity index (χ0v) is 41.4. The van der Waals surface area contributed by atoms with Crippen LogP contribution < -0.4 is 18.9 Å². The molecule has 0 saturated heterocycles. The maximum absolute atomic E-state index is 14.2. The highest BCUT2D eigenvalue weighted by Gasteiger charge is 2.30. The van der Waals surface area contributed by atoms with E-state index in [1.165, 1.54) is 12.4 Å². The van der Waals surface area contributed by atoms with Crippen LogP contribution in [-0.4, -0.2) is 36.1 Å². The van der Waals surface area contributed by atoms with Gasteiger partial charge in [0.05, 0.1) is 25.3 Å². The Labute approximate surface area is 392 Å². The lowest BCUT2D eigenvalue weighted by Crippen LogP contribution is -2.19. The summed E-state index contributed by atoms with van der Waals surface area (Å²) in [5.74, 6) is 1.47. The number of carbonyl (C=O) groups excluding carboxylic acids is 2. The molecule has 344 valence electrons. The van der Waals surface area contributed by atoms with Crippen LogP contribution in [0.5, 0.6) is 23.0 Å². The summed E-state index contributed by atoms with van der Waals surface area (Å²) in [5.41, 5.74) is 11.4. The van der Waals surface area contributed by atoms with E-state index in [2.05, 4.69) is 142 Å². The molecular formula is C58H66N2O6. The first-order valence-corrected chi connectivity index (χ1v) is 22.9. The number of hydrogen-bond donors (Lipinski definition) is 0. The van der Waals surface area contributed by atoms with Gasteiger partial charge in [-0.05, 0) is 90.4 Å². The summed E-state index contributed by atoms with van der Waals surface area (Å²) < 4.78 is 26.2. The Balaban J connectivity index is 1.62. The van der Waals surface area contributed by atoms with Gasteiger partial charge >= 0.3 is 11.9 Å². The summed E-state index contributed by atoms with van der Waals surface area (Å²) in [6, 6.07) is 24.6. The number of carbonyl (C=O) groups is 2. The molecule has 6 aromatic rings. The van der Waals surface area contributed by atoms with Gasteiger partial charge in [0, 0.05) is 72.7 Å². The van der Waals surface area contributed by atoms with Crippen LogP contribution in [0.4, 0.5) is 0 Å². The summed E-state index contributed by atoms with van der Waals surface area (Å²) >= 11 is 0. The van der Waals surface area contributed by atoms with Crippen molar-refractivity contribution < 1.29 is 28.5 Å². The maximum Gasteiger partial charge on any atom is 0.345 e. The molecule has 1 aliphatic carbocycles. The Morgan fingerprint density at radius 3 is 0.848 bits per heavy atom. The van der Waals surface area contributed by atoms with E-state index in [4.69, 9.17) is 18.9 Å². The first-order chi connectivity index (χ1) is 30.9. The third-order valence-corrected chi connectivity index (χ3v) is 12.6. The molecule has 0 aliphatic heterocycles. The lowest BCUT2D eigenvalue weighted by molar-refractivity contribution is 0.0722. The van der Waals surface area contributed by atoms with E-state index in [0.29, 0.717) is 48.3 Å². The van der Waals surface area contributed by atoms with Gasteiger partial charge in [-0.15, -0.1) is 0 Å². The summed E-state index contributed by atoms with van der Waals surface area (Å²) in [5, 5.41) is 0. The van der Waals surface area contributed by atoms with Crippen molar-refractivity contribution in [2.24, 2.45) is 0 Å². The second-order valence-electron chi connectivity index (χ2n) is 21.9. The minimum atomic E-state index is -0.489. The topological polar surface area (TPSA) is 96.8 Å². The standard InChI is InChI=1S/C58H66N2O6/c1-55(2,3)45-25-37-21-41-29-47(57(7,8)9)31-43(51(41)65-53(61)35-17-15-19-59-33-35)23-39-27-46(56(4,5)6)28-40(50(39)64-14)24-44-32-48(58(10,11)12)30-42(22-38(26-45)49(37)63-13)52(44)66-54(62)36-18-16-20-60-34-36/h15-20,25-34H,21-24H2,1-14H3. The van der Waals surface area contributed by atoms with Crippen LogP contribution in [0.25, 0.3) is 0 Å². The van der Waals surface area contributed by atoms with E-state index in [0.717, 1.165) is 78.3 Å². The molecule has 4 aromatic carbocycles. The molecule has 0 spiro atoms. The first-order valence-electron chi connectivity index (χ1n) is 22.9. The van der Waals surface area contributed by atoms with Crippen LogP contribution in [0.15, 0.2) is 97.6 Å². The van der Waals surface area contributed by atoms with Gasteiger partial charge in [-0.2, -0.15) is 0 Å². The largest absolute Gasteiger partial charge is 0.496 e. The molecule has 0 atom stereocenters. The molecule has 8 heteroatoms. The Morgan fingerprint density at radius 2 is 0.652 bits per heavy atom. The average Bonchev–Trinajstić information content (AvgIpc) is 3.24. The van der Waals surface area contributed by atoms with Crippen LogP contribution in [0, 0.1) is 0 Å². The minimum absolute atomic E-state index is 0.247. The quantitative estimate of drug-likeness (QED) is 0.120. The van der Waals surface area contributed by atoms with Crippen molar-refractivity contribution in [3.8, 4) is 23.0 Å². The van der Waals surface area contributed by atoms with E-state index < -0.39 is 11.9 Å². The average molecular weight is 887 g/mol. The second kappa shape index (κ2) is 18.2. The summed E-state index contributed by atoms with van der Waals surface area (Å²) in [7, 11) is 3.42. The van der Waals surface area contributed by atoms with E-state index in [1.54, 1.807) is 50.9 Å². The SMILES string of the molecule is COc1c2cc(C(C)(C)C)cc1Cc1cc(C(C)(C)C)cc(c1OC(=O)c1cccnc1)Cc1cc(C(C)(C)C)cc(c1OC)Cc1cc(C(C)(C)C)cc(c1OC(=O)c1cccnc1)C2.